The number of aromatic hydroxyl groups is 2. The lowest BCUT2D eigenvalue weighted by Crippen LogP contribution is -2.53. The van der Waals surface area contributed by atoms with E-state index in [2.05, 4.69) is 5.43 Å². The third-order valence-electron chi connectivity index (χ3n) is 11.5. The molecule has 4 aliphatic rings. The first-order chi connectivity index (χ1) is 26.0. The zero-order valence-corrected chi connectivity index (χ0v) is 30.0. The average molecular weight is 750 g/mol. The molecule has 10 nitrogen and oxygen atoms in total. The number of nitrogens with one attached hydrogen (secondary N) is 1. The van der Waals surface area contributed by atoms with Crippen LogP contribution in [0.4, 0.5) is 10.1 Å². The molecule has 2 heterocycles. The Morgan fingerprint density at radius 2 is 1.61 bits per heavy atom. The number of hydrogen-bond acceptors (Lipinski definition) is 8. The molecule has 0 bridgehead atoms. The lowest BCUT2D eigenvalue weighted by Gasteiger charge is -2.50. The number of anilines is 1. The van der Waals surface area contributed by atoms with Crippen LogP contribution in [-0.2, 0) is 31.0 Å². The summed E-state index contributed by atoms with van der Waals surface area (Å²) in [5.74, 6) is -6.32. The highest BCUT2D eigenvalue weighted by Crippen LogP contribution is 2.65. The largest absolute Gasteiger partial charge is 0.508 e. The van der Waals surface area contributed by atoms with E-state index in [1.807, 2.05) is 6.08 Å². The Morgan fingerprint density at radius 1 is 0.889 bits per heavy atom. The third kappa shape index (κ3) is 5.52. The number of phenolic OH excluding ortho intramolecular Hbond substituents is 2. The van der Waals surface area contributed by atoms with Crippen molar-refractivity contribution in [1.29, 1.82) is 0 Å². The molecule has 4 aromatic rings. The topological polar surface area (TPSA) is 136 Å². The van der Waals surface area contributed by atoms with Gasteiger partial charge in [-0.25, -0.2) is 4.39 Å². The Labute approximate surface area is 315 Å². The highest BCUT2D eigenvalue weighted by molar-refractivity contribution is 6.30. The second-order valence-corrected chi connectivity index (χ2v) is 14.7. The van der Waals surface area contributed by atoms with Gasteiger partial charge in [-0.15, -0.1) is 0 Å². The van der Waals surface area contributed by atoms with Crippen molar-refractivity contribution >= 4 is 40.9 Å². The number of para-hydroxylation sites is 1. The third-order valence-corrected chi connectivity index (χ3v) is 11.8. The van der Waals surface area contributed by atoms with Crippen molar-refractivity contribution in [2.45, 2.75) is 37.5 Å². The molecule has 0 radical (unpaired) electrons. The van der Waals surface area contributed by atoms with Crippen LogP contribution in [0.2, 0.25) is 5.02 Å². The van der Waals surface area contributed by atoms with Gasteiger partial charge in [-0.05, 0) is 97.8 Å². The van der Waals surface area contributed by atoms with Gasteiger partial charge in [-0.3, -0.25) is 29.5 Å². The Kier molecular flexibility index (Phi) is 8.92. The molecule has 0 spiro atoms. The highest BCUT2D eigenvalue weighted by atomic mass is 35.5. The van der Waals surface area contributed by atoms with Crippen molar-refractivity contribution in [2.75, 3.05) is 18.6 Å². The molecule has 1 saturated carbocycles. The molecule has 8 rings (SSSR count). The van der Waals surface area contributed by atoms with Crippen LogP contribution in [0.3, 0.4) is 0 Å². The van der Waals surface area contributed by atoms with Crippen LogP contribution in [0, 0.1) is 29.5 Å². The minimum absolute atomic E-state index is 0.0645. The lowest BCUT2D eigenvalue weighted by atomic mass is 9.49. The number of nitrogens with zero attached hydrogens (tertiary/aromatic N) is 2. The van der Waals surface area contributed by atoms with Crippen LogP contribution in [0.25, 0.3) is 0 Å². The van der Waals surface area contributed by atoms with Crippen LogP contribution >= 0.6 is 11.6 Å². The Hall–Kier alpha value is -5.68. The molecular formula is C42H37ClFN3O7. The Morgan fingerprint density at radius 3 is 2.31 bits per heavy atom. The number of benzene rings is 4. The van der Waals surface area contributed by atoms with Gasteiger partial charge in [0.25, 0.3) is 11.8 Å². The number of carbonyl (C=O) groups is 4. The number of hydrazine groups is 1. The minimum Gasteiger partial charge on any atom is -0.508 e. The van der Waals surface area contributed by atoms with E-state index in [0.717, 1.165) is 10.6 Å². The Balaban J connectivity index is 1.28. The summed E-state index contributed by atoms with van der Waals surface area (Å²) in [5.41, 5.74) is 3.93. The molecule has 12 heteroatoms. The van der Waals surface area contributed by atoms with Crippen molar-refractivity contribution < 1.29 is 38.5 Å². The second-order valence-electron chi connectivity index (χ2n) is 14.2. The van der Waals surface area contributed by atoms with Crippen molar-refractivity contribution in [3.8, 4) is 17.2 Å². The molecule has 3 N–H and O–H groups in total. The lowest BCUT2D eigenvalue weighted by molar-refractivity contribution is -0.141. The summed E-state index contributed by atoms with van der Waals surface area (Å²) in [6.45, 7) is 2.18. The summed E-state index contributed by atoms with van der Waals surface area (Å²) in [7, 11) is 0. The maximum absolute atomic E-state index is 15.3. The van der Waals surface area contributed by atoms with E-state index in [-0.39, 0.29) is 55.1 Å². The van der Waals surface area contributed by atoms with Crippen molar-refractivity contribution in [2.24, 2.45) is 23.7 Å². The average Bonchev–Trinajstić information content (AvgIpc) is 3.54. The predicted molar refractivity (Wildman–Crippen MR) is 197 cm³/mol. The van der Waals surface area contributed by atoms with Gasteiger partial charge in [0, 0.05) is 23.0 Å². The Bertz CT molecular complexity index is 2190. The number of fused-ring (bicyclic) bond motifs is 4. The second kappa shape index (κ2) is 13.6. The molecule has 54 heavy (non-hydrogen) atoms. The summed E-state index contributed by atoms with van der Waals surface area (Å²) < 4.78 is 19.7. The monoisotopic (exact) mass is 749 g/mol. The van der Waals surface area contributed by atoms with Gasteiger partial charge < -0.3 is 14.9 Å². The predicted octanol–water partition coefficient (Wildman–Crippen LogP) is 6.52. The van der Waals surface area contributed by atoms with E-state index < -0.39 is 52.6 Å². The van der Waals surface area contributed by atoms with Crippen LogP contribution in [0.5, 0.6) is 17.2 Å². The highest BCUT2D eigenvalue weighted by Gasteiger charge is 2.70. The maximum Gasteiger partial charge on any atom is 0.260 e. The summed E-state index contributed by atoms with van der Waals surface area (Å²) in [4.78, 5) is 59.8. The van der Waals surface area contributed by atoms with Gasteiger partial charge in [0.2, 0.25) is 11.8 Å². The number of carbonyl (C=O) groups excluding carboxylic acids is 4. The summed E-state index contributed by atoms with van der Waals surface area (Å²) in [6, 6.07) is 23.6. The molecule has 3 fully saturated rings. The smallest absolute Gasteiger partial charge is 0.260 e. The number of ether oxygens (including phenoxy) is 1. The SMILES string of the molecule is CCOc1cccc([C@H]2C3=CC[C@@H]4C(=O)N(CCc5ccc(O)cc5)C(=O)[C@@H]4[C@@H]3C[C@H]3C(=O)N(Nc4ccc(F)cc4)C(=O)[C@@]23c2ccc(Cl)cc2)c1O. The van der Waals surface area contributed by atoms with Crippen LogP contribution in [0.1, 0.15) is 42.4 Å². The molecule has 6 atom stereocenters. The molecule has 276 valence electrons. The fourth-order valence-electron chi connectivity index (χ4n) is 9.23. The number of amides is 4. The molecule has 0 unspecified atom stereocenters. The quantitative estimate of drug-likeness (QED) is 0.130. The summed E-state index contributed by atoms with van der Waals surface area (Å²) >= 11 is 6.37. The van der Waals surface area contributed by atoms with Gasteiger partial charge in [0.1, 0.15) is 11.6 Å². The zero-order valence-electron chi connectivity index (χ0n) is 29.2. The molecule has 4 amide bonds. The number of rotatable bonds is 9. The molecule has 4 aromatic carbocycles. The molecule has 2 aliphatic heterocycles. The molecular weight excluding hydrogens is 713 g/mol. The van der Waals surface area contributed by atoms with Crippen molar-refractivity contribution in [3.05, 3.63) is 130 Å². The number of hydrogen-bond donors (Lipinski definition) is 3. The van der Waals surface area contributed by atoms with E-state index in [4.69, 9.17) is 16.3 Å². The number of allylic oxidation sites excluding steroid dienone is 2. The van der Waals surface area contributed by atoms with Crippen molar-refractivity contribution in [3.63, 3.8) is 0 Å². The van der Waals surface area contributed by atoms with E-state index in [1.165, 1.54) is 29.2 Å². The fourth-order valence-corrected chi connectivity index (χ4v) is 9.36. The summed E-state index contributed by atoms with van der Waals surface area (Å²) in [6.07, 6.45) is 2.59. The normalized spacial score (nSPS) is 26.0. The minimum atomic E-state index is -1.64. The first-order valence-corrected chi connectivity index (χ1v) is 18.4. The number of imide groups is 2. The first-order valence-electron chi connectivity index (χ1n) is 18.0. The van der Waals surface area contributed by atoms with Gasteiger partial charge in [0.15, 0.2) is 11.5 Å². The van der Waals surface area contributed by atoms with E-state index in [9.17, 15) is 29.0 Å². The number of likely N-dealkylation sites (tertiary alicyclic amines) is 1. The van der Waals surface area contributed by atoms with Crippen molar-refractivity contribution in [1.82, 2.24) is 9.91 Å². The molecule has 0 aromatic heterocycles. The van der Waals surface area contributed by atoms with Gasteiger partial charge in [0.05, 0.1) is 35.5 Å². The first kappa shape index (κ1) is 35.4. The van der Waals surface area contributed by atoms with E-state index in [1.54, 1.807) is 73.7 Å². The van der Waals surface area contributed by atoms with Gasteiger partial charge >= 0.3 is 0 Å². The zero-order chi connectivity index (χ0) is 37.9. The number of phenols is 2. The standard InChI is InChI=1S/C42H37ClFN3O7/c1-2-54-34-5-3-4-31(37(34)49)36-29-18-19-30-35(40(52)46(38(30)50)21-20-23-6-16-28(48)17-7-23)32(29)22-33-39(51)47(45-27-14-12-26(44)13-15-27)41(53)42(33,36)24-8-10-25(43)11-9-24/h3-18,30,32-33,35-36,45,48-49H,2,19-22H2,1H3/t30-,32+,33-,35-,36+,42+/m0/s1. The van der Waals surface area contributed by atoms with E-state index in [0.29, 0.717) is 33.8 Å². The van der Waals surface area contributed by atoms with Gasteiger partial charge in [-0.1, -0.05) is 59.6 Å². The fraction of sp³-hybridized carbons (Fsp3) is 0.286. The maximum atomic E-state index is 15.3. The van der Waals surface area contributed by atoms with Crippen LogP contribution < -0.4 is 10.2 Å². The van der Waals surface area contributed by atoms with Crippen LogP contribution in [0.15, 0.2) is 103 Å². The molecule has 2 aliphatic carbocycles. The summed E-state index contributed by atoms with van der Waals surface area (Å²) in [5, 5.41) is 23.0. The number of halogens is 2. The van der Waals surface area contributed by atoms with E-state index >= 15 is 4.79 Å². The van der Waals surface area contributed by atoms with Gasteiger partial charge in [-0.2, -0.15) is 5.01 Å². The van der Waals surface area contributed by atoms with Crippen LogP contribution in [-0.4, -0.2) is 56.9 Å². The molecule has 2 saturated heterocycles.